The van der Waals surface area contributed by atoms with Crippen LogP contribution < -0.4 is 11.1 Å². The van der Waals surface area contributed by atoms with Crippen molar-refractivity contribution < 1.29 is 15.0 Å². The van der Waals surface area contributed by atoms with E-state index in [1.807, 2.05) is 6.92 Å². The molecule has 0 aromatic heterocycles. The Bertz CT molecular complexity index is 393. The molecule has 5 N–H and O–H groups in total. The number of aliphatic hydroxyl groups excluding tert-OH is 1. The van der Waals surface area contributed by atoms with Crippen LogP contribution in [0.15, 0.2) is 18.2 Å². The number of hydrogen-bond donors (Lipinski definition) is 4. The van der Waals surface area contributed by atoms with Crippen LogP contribution in [0, 0.1) is 0 Å². The molecule has 1 amide bonds. The van der Waals surface area contributed by atoms with Crippen molar-refractivity contribution in [3.63, 3.8) is 0 Å². The molecule has 0 aliphatic heterocycles. The molecule has 0 bridgehead atoms. The highest BCUT2D eigenvalue weighted by Crippen LogP contribution is 2.20. The van der Waals surface area contributed by atoms with E-state index in [1.165, 1.54) is 12.1 Å². The maximum atomic E-state index is 11.8. The zero-order valence-corrected chi connectivity index (χ0v) is 9.81. The number of carbonyl (C=O) groups excluding carboxylic acids is 1. The minimum absolute atomic E-state index is 0.0191. The molecule has 1 atom stereocenters. The van der Waals surface area contributed by atoms with E-state index in [4.69, 9.17) is 10.8 Å². The van der Waals surface area contributed by atoms with Gasteiger partial charge in [-0.2, -0.15) is 0 Å². The molecule has 0 saturated carbocycles. The molecule has 1 aromatic carbocycles. The lowest BCUT2D eigenvalue weighted by Crippen LogP contribution is -2.32. The van der Waals surface area contributed by atoms with E-state index in [9.17, 15) is 9.90 Å². The normalized spacial score (nSPS) is 12.1. The monoisotopic (exact) mass is 238 g/mol. The van der Waals surface area contributed by atoms with E-state index >= 15 is 0 Å². The smallest absolute Gasteiger partial charge is 0.251 e. The molecule has 1 aromatic rings. The Morgan fingerprint density at radius 2 is 2.24 bits per heavy atom. The van der Waals surface area contributed by atoms with Crippen LogP contribution in [0.2, 0.25) is 0 Å². The standard InChI is InChI=1S/C12H18N2O3/c1-8(3-2-6-15)14-12(17)9-4-5-10(13)11(16)7-9/h4-5,7-8,15-16H,2-3,6,13H2,1H3,(H,14,17). The number of anilines is 1. The predicted octanol–water partition coefficient (Wildman–Crippen LogP) is 0.865. The van der Waals surface area contributed by atoms with Crippen LogP contribution in [0.5, 0.6) is 5.75 Å². The number of phenolic OH excluding ortho intramolecular Hbond substituents is 1. The van der Waals surface area contributed by atoms with Crippen LogP contribution >= 0.6 is 0 Å². The number of benzene rings is 1. The SMILES string of the molecule is CC(CCCO)NC(=O)c1ccc(N)c(O)c1. The van der Waals surface area contributed by atoms with Crippen molar-refractivity contribution in [2.24, 2.45) is 0 Å². The topological polar surface area (TPSA) is 95.6 Å². The third kappa shape index (κ3) is 3.96. The lowest BCUT2D eigenvalue weighted by Gasteiger charge is -2.13. The van der Waals surface area contributed by atoms with E-state index in [2.05, 4.69) is 5.32 Å². The minimum Gasteiger partial charge on any atom is -0.506 e. The average molecular weight is 238 g/mol. The maximum Gasteiger partial charge on any atom is 0.251 e. The van der Waals surface area contributed by atoms with Gasteiger partial charge >= 0.3 is 0 Å². The maximum absolute atomic E-state index is 11.8. The summed E-state index contributed by atoms with van der Waals surface area (Å²) in [5.74, 6) is -0.355. The summed E-state index contributed by atoms with van der Waals surface area (Å²) < 4.78 is 0. The molecule has 5 heteroatoms. The second-order valence-electron chi connectivity index (χ2n) is 4.01. The van der Waals surface area contributed by atoms with Crippen LogP contribution in [-0.2, 0) is 0 Å². The molecule has 0 aliphatic carbocycles. The minimum atomic E-state index is -0.259. The van der Waals surface area contributed by atoms with Gasteiger partial charge in [-0.05, 0) is 38.0 Å². The molecule has 0 radical (unpaired) electrons. The number of carbonyl (C=O) groups is 1. The van der Waals surface area contributed by atoms with Gasteiger partial charge in [0.05, 0.1) is 5.69 Å². The molecular formula is C12H18N2O3. The molecule has 0 heterocycles. The second-order valence-corrected chi connectivity index (χ2v) is 4.01. The summed E-state index contributed by atoms with van der Waals surface area (Å²) in [5, 5.41) is 20.8. The summed E-state index contributed by atoms with van der Waals surface area (Å²) in [4.78, 5) is 11.8. The summed E-state index contributed by atoms with van der Waals surface area (Å²) in [6.45, 7) is 1.98. The molecular weight excluding hydrogens is 220 g/mol. The highest BCUT2D eigenvalue weighted by Gasteiger charge is 2.10. The second kappa shape index (κ2) is 6.10. The Labute approximate surface area is 100 Å². The van der Waals surface area contributed by atoms with Gasteiger partial charge in [-0.3, -0.25) is 4.79 Å². The lowest BCUT2D eigenvalue weighted by molar-refractivity contribution is 0.0936. The number of rotatable bonds is 5. The Balaban J connectivity index is 2.60. The van der Waals surface area contributed by atoms with Crippen LogP contribution in [0.25, 0.3) is 0 Å². The van der Waals surface area contributed by atoms with Gasteiger partial charge in [-0.25, -0.2) is 0 Å². The van der Waals surface area contributed by atoms with E-state index in [0.717, 1.165) is 0 Å². The number of aromatic hydroxyl groups is 1. The largest absolute Gasteiger partial charge is 0.506 e. The fourth-order valence-corrected chi connectivity index (χ4v) is 1.46. The van der Waals surface area contributed by atoms with Gasteiger partial charge < -0.3 is 21.3 Å². The first-order valence-electron chi connectivity index (χ1n) is 5.54. The van der Waals surface area contributed by atoms with Crippen LogP contribution in [-0.4, -0.2) is 28.8 Å². The number of phenols is 1. The zero-order valence-electron chi connectivity index (χ0n) is 9.81. The first-order valence-corrected chi connectivity index (χ1v) is 5.54. The number of aliphatic hydroxyl groups is 1. The Morgan fingerprint density at radius 3 is 2.82 bits per heavy atom. The van der Waals surface area contributed by atoms with Gasteiger partial charge in [0.25, 0.3) is 5.91 Å². The van der Waals surface area contributed by atoms with Gasteiger partial charge in [-0.1, -0.05) is 0 Å². The highest BCUT2D eigenvalue weighted by molar-refractivity contribution is 5.95. The van der Waals surface area contributed by atoms with Crippen molar-refractivity contribution in [1.82, 2.24) is 5.32 Å². The van der Waals surface area contributed by atoms with E-state index in [0.29, 0.717) is 18.4 Å². The van der Waals surface area contributed by atoms with Crippen molar-refractivity contribution in [1.29, 1.82) is 0 Å². The van der Waals surface area contributed by atoms with Gasteiger partial charge in [0.2, 0.25) is 0 Å². The Morgan fingerprint density at radius 1 is 1.53 bits per heavy atom. The summed E-state index contributed by atoms with van der Waals surface area (Å²) in [5.41, 5.74) is 6.06. The number of nitrogens with two attached hydrogens (primary N) is 1. The molecule has 1 rings (SSSR count). The Kier molecular flexibility index (Phi) is 4.78. The lowest BCUT2D eigenvalue weighted by atomic mass is 10.1. The molecule has 0 fully saturated rings. The summed E-state index contributed by atoms with van der Waals surface area (Å²) in [6.07, 6.45) is 1.36. The molecule has 1 unspecified atom stereocenters. The fraction of sp³-hybridized carbons (Fsp3) is 0.417. The zero-order chi connectivity index (χ0) is 12.8. The van der Waals surface area contributed by atoms with Crippen molar-refractivity contribution in [2.45, 2.75) is 25.8 Å². The summed E-state index contributed by atoms with van der Waals surface area (Å²) >= 11 is 0. The predicted molar refractivity (Wildman–Crippen MR) is 65.8 cm³/mol. The highest BCUT2D eigenvalue weighted by atomic mass is 16.3. The van der Waals surface area contributed by atoms with Crippen molar-refractivity contribution in [2.75, 3.05) is 12.3 Å². The molecule has 0 aliphatic rings. The molecule has 0 spiro atoms. The van der Waals surface area contributed by atoms with Gasteiger partial charge in [0.15, 0.2) is 0 Å². The van der Waals surface area contributed by atoms with Gasteiger partial charge in [0.1, 0.15) is 5.75 Å². The number of hydrogen-bond acceptors (Lipinski definition) is 4. The van der Waals surface area contributed by atoms with Crippen LogP contribution in [0.1, 0.15) is 30.1 Å². The molecule has 94 valence electrons. The van der Waals surface area contributed by atoms with Crippen molar-refractivity contribution in [3.05, 3.63) is 23.8 Å². The number of nitrogens with one attached hydrogen (secondary N) is 1. The van der Waals surface area contributed by atoms with Gasteiger partial charge in [-0.15, -0.1) is 0 Å². The first kappa shape index (κ1) is 13.3. The average Bonchev–Trinajstić information content (AvgIpc) is 2.30. The first-order chi connectivity index (χ1) is 8.04. The van der Waals surface area contributed by atoms with E-state index in [-0.39, 0.29) is 30.0 Å². The number of amides is 1. The van der Waals surface area contributed by atoms with Crippen molar-refractivity contribution in [3.8, 4) is 5.75 Å². The van der Waals surface area contributed by atoms with Gasteiger partial charge in [0, 0.05) is 18.2 Å². The van der Waals surface area contributed by atoms with Crippen LogP contribution in [0.4, 0.5) is 5.69 Å². The Hall–Kier alpha value is -1.75. The molecule has 17 heavy (non-hydrogen) atoms. The summed E-state index contributed by atoms with van der Waals surface area (Å²) in [6, 6.07) is 4.37. The van der Waals surface area contributed by atoms with Crippen molar-refractivity contribution >= 4 is 11.6 Å². The quantitative estimate of drug-likeness (QED) is 0.452. The van der Waals surface area contributed by atoms with E-state index < -0.39 is 0 Å². The molecule has 0 saturated heterocycles. The third-order valence-electron chi connectivity index (χ3n) is 2.47. The molecule has 5 nitrogen and oxygen atoms in total. The van der Waals surface area contributed by atoms with Crippen LogP contribution in [0.3, 0.4) is 0 Å². The summed E-state index contributed by atoms with van der Waals surface area (Å²) in [7, 11) is 0. The fourth-order valence-electron chi connectivity index (χ4n) is 1.46. The van der Waals surface area contributed by atoms with E-state index in [1.54, 1.807) is 6.07 Å². The number of nitrogen functional groups attached to an aromatic ring is 1. The third-order valence-corrected chi connectivity index (χ3v) is 2.47.